The summed E-state index contributed by atoms with van der Waals surface area (Å²) in [6.45, 7) is 3.27. The first-order valence-electron chi connectivity index (χ1n) is 7.58. The molecule has 2 aromatic heterocycles. The standard InChI is InChI=1S/C15H11F3N2.C3H6O2/c16-15(17,18)14-7-6-13-12(19-14)8-9-20(13)10-11-4-2-1-3-5-11;1-2-5-3-4/h1-9H,10H2;3H,2H2,1H3. The Hall–Kier alpha value is -2.83. The van der Waals surface area contributed by atoms with Crippen LogP contribution in [-0.4, -0.2) is 22.6 Å². The van der Waals surface area contributed by atoms with E-state index in [1.54, 1.807) is 19.2 Å². The highest BCUT2D eigenvalue weighted by Crippen LogP contribution is 2.29. The van der Waals surface area contributed by atoms with Crippen LogP contribution in [0.2, 0.25) is 0 Å². The quantitative estimate of drug-likeness (QED) is 0.660. The van der Waals surface area contributed by atoms with Crippen LogP contribution in [-0.2, 0) is 22.3 Å². The van der Waals surface area contributed by atoms with Crippen molar-refractivity contribution >= 4 is 17.5 Å². The van der Waals surface area contributed by atoms with Crippen LogP contribution in [0, 0.1) is 0 Å². The normalized spacial score (nSPS) is 10.9. The Kier molecular flexibility index (Phi) is 6.16. The maximum Gasteiger partial charge on any atom is 0.433 e. The average Bonchev–Trinajstić information content (AvgIpc) is 2.99. The molecule has 25 heavy (non-hydrogen) atoms. The van der Waals surface area contributed by atoms with E-state index in [0.717, 1.165) is 11.6 Å². The molecule has 0 N–H and O–H groups in total. The van der Waals surface area contributed by atoms with Crippen LogP contribution in [0.5, 0.6) is 0 Å². The van der Waals surface area contributed by atoms with Crippen molar-refractivity contribution in [1.29, 1.82) is 0 Å². The van der Waals surface area contributed by atoms with Crippen molar-refractivity contribution in [3.8, 4) is 0 Å². The molecule has 0 saturated heterocycles. The Morgan fingerprint density at radius 2 is 1.84 bits per heavy atom. The van der Waals surface area contributed by atoms with Gasteiger partial charge in [0.1, 0.15) is 5.69 Å². The van der Waals surface area contributed by atoms with Crippen LogP contribution in [0.15, 0.2) is 54.7 Å². The van der Waals surface area contributed by atoms with E-state index >= 15 is 0 Å². The lowest BCUT2D eigenvalue weighted by molar-refractivity contribution is -0.141. The Labute approximate surface area is 142 Å². The second-order valence-electron chi connectivity index (χ2n) is 5.08. The zero-order valence-electron chi connectivity index (χ0n) is 13.5. The molecular weight excluding hydrogens is 333 g/mol. The molecule has 0 aliphatic rings. The fourth-order valence-electron chi connectivity index (χ4n) is 2.22. The largest absolute Gasteiger partial charge is 0.468 e. The van der Waals surface area contributed by atoms with Gasteiger partial charge in [-0.05, 0) is 30.7 Å². The van der Waals surface area contributed by atoms with Gasteiger partial charge in [0, 0.05) is 12.7 Å². The zero-order chi connectivity index (χ0) is 18.3. The lowest BCUT2D eigenvalue weighted by Gasteiger charge is -2.07. The number of fused-ring (bicyclic) bond motifs is 1. The second kappa shape index (κ2) is 8.32. The van der Waals surface area contributed by atoms with Gasteiger partial charge in [0.25, 0.3) is 6.47 Å². The molecule has 0 aliphatic carbocycles. The molecule has 0 spiro atoms. The molecule has 132 valence electrons. The molecule has 4 nitrogen and oxygen atoms in total. The van der Waals surface area contributed by atoms with E-state index in [9.17, 15) is 18.0 Å². The van der Waals surface area contributed by atoms with Crippen molar-refractivity contribution in [2.75, 3.05) is 6.61 Å². The van der Waals surface area contributed by atoms with Gasteiger partial charge in [-0.1, -0.05) is 30.3 Å². The summed E-state index contributed by atoms with van der Waals surface area (Å²) in [7, 11) is 0. The molecule has 0 fully saturated rings. The number of hydrogen-bond donors (Lipinski definition) is 0. The molecule has 0 saturated carbocycles. The van der Waals surface area contributed by atoms with E-state index in [-0.39, 0.29) is 0 Å². The molecule has 2 heterocycles. The molecule has 1 aromatic carbocycles. The second-order valence-corrected chi connectivity index (χ2v) is 5.08. The van der Waals surface area contributed by atoms with Gasteiger partial charge in [0.15, 0.2) is 0 Å². The Morgan fingerprint density at radius 3 is 2.40 bits per heavy atom. The average molecular weight is 350 g/mol. The van der Waals surface area contributed by atoms with Crippen molar-refractivity contribution < 1.29 is 22.7 Å². The van der Waals surface area contributed by atoms with Crippen LogP contribution >= 0.6 is 0 Å². The van der Waals surface area contributed by atoms with Gasteiger partial charge >= 0.3 is 6.18 Å². The zero-order valence-corrected chi connectivity index (χ0v) is 13.5. The van der Waals surface area contributed by atoms with Crippen molar-refractivity contribution in [3.05, 3.63) is 66.0 Å². The summed E-state index contributed by atoms with van der Waals surface area (Å²) in [5, 5.41) is 0. The monoisotopic (exact) mass is 350 g/mol. The first kappa shape index (κ1) is 18.5. The van der Waals surface area contributed by atoms with E-state index in [0.29, 0.717) is 30.7 Å². The summed E-state index contributed by atoms with van der Waals surface area (Å²) in [4.78, 5) is 12.8. The van der Waals surface area contributed by atoms with Gasteiger partial charge in [0.05, 0.1) is 17.6 Å². The van der Waals surface area contributed by atoms with Crippen LogP contribution in [0.4, 0.5) is 13.2 Å². The number of ether oxygens (including phenoxy) is 1. The predicted octanol–water partition coefficient (Wildman–Crippen LogP) is 4.28. The maximum absolute atomic E-state index is 12.6. The topological polar surface area (TPSA) is 44.1 Å². The molecule has 3 rings (SSSR count). The van der Waals surface area contributed by atoms with E-state index in [4.69, 9.17) is 0 Å². The minimum atomic E-state index is -4.41. The number of alkyl halides is 3. The molecule has 0 bridgehead atoms. The number of carbonyl (C=O) groups is 1. The first-order chi connectivity index (χ1) is 12.0. The highest BCUT2D eigenvalue weighted by Gasteiger charge is 2.32. The predicted molar refractivity (Wildman–Crippen MR) is 88.0 cm³/mol. The van der Waals surface area contributed by atoms with E-state index < -0.39 is 11.9 Å². The summed E-state index contributed by atoms with van der Waals surface area (Å²) < 4.78 is 43.8. The number of pyridine rings is 1. The minimum Gasteiger partial charge on any atom is -0.468 e. The summed E-state index contributed by atoms with van der Waals surface area (Å²) in [5.41, 5.74) is 1.28. The SMILES string of the molecule is CCOC=O.FC(F)(F)c1ccc2c(ccn2Cc2ccccc2)n1. The van der Waals surface area contributed by atoms with Gasteiger partial charge in [-0.15, -0.1) is 0 Å². The fourth-order valence-corrected chi connectivity index (χ4v) is 2.22. The summed E-state index contributed by atoms with van der Waals surface area (Å²) in [5.74, 6) is 0. The molecule has 0 amide bonds. The summed E-state index contributed by atoms with van der Waals surface area (Å²) in [6.07, 6.45) is -2.65. The van der Waals surface area contributed by atoms with Crippen molar-refractivity contribution in [1.82, 2.24) is 9.55 Å². The van der Waals surface area contributed by atoms with Crippen molar-refractivity contribution in [3.63, 3.8) is 0 Å². The number of nitrogens with zero attached hydrogens (tertiary/aromatic N) is 2. The first-order valence-corrected chi connectivity index (χ1v) is 7.58. The number of carbonyl (C=O) groups excluding carboxylic acids is 1. The van der Waals surface area contributed by atoms with Gasteiger partial charge in [0.2, 0.25) is 0 Å². The number of rotatable bonds is 4. The summed E-state index contributed by atoms with van der Waals surface area (Å²) >= 11 is 0. The van der Waals surface area contributed by atoms with Gasteiger partial charge < -0.3 is 9.30 Å². The number of benzene rings is 1. The van der Waals surface area contributed by atoms with Crippen LogP contribution in [0.1, 0.15) is 18.2 Å². The van der Waals surface area contributed by atoms with Gasteiger partial charge in [-0.25, -0.2) is 4.98 Å². The Morgan fingerprint density at radius 1 is 1.12 bits per heavy atom. The lowest BCUT2D eigenvalue weighted by Crippen LogP contribution is -2.07. The van der Waals surface area contributed by atoms with E-state index in [1.165, 1.54) is 6.07 Å². The number of halogens is 3. The minimum absolute atomic E-state index is 0.357. The molecule has 7 heteroatoms. The third-order valence-electron chi connectivity index (χ3n) is 3.35. The molecule has 0 unspecified atom stereocenters. The molecular formula is C18H17F3N2O2. The Bertz CT molecular complexity index is 814. The third-order valence-corrected chi connectivity index (χ3v) is 3.35. The number of aromatic nitrogens is 2. The maximum atomic E-state index is 12.6. The Balaban J connectivity index is 0.000000399. The molecule has 0 aliphatic heterocycles. The van der Waals surface area contributed by atoms with E-state index in [1.807, 2.05) is 34.9 Å². The fraction of sp³-hybridized carbons (Fsp3) is 0.222. The highest BCUT2D eigenvalue weighted by molar-refractivity contribution is 5.76. The van der Waals surface area contributed by atoms with Gasteiger partial charge in [-0.3, -0.25) is 4.79 Å². The van der Waals surface area contributed by atoms with Crippen LogP contribution in [0.3, 0.4) is 0 Å². The highest BCUT2D eigenvalue weighted by atomic mass is 19.4. The summed E-state index contributed by atoms with van der Waals surface area (Å²) in [6, 6.07) is 13.8. The van der Waals surface area contributed by atoms with Gasteiger partial charge in [-0.2, -0.15) is 13.2 Å². The van der Waals surface area contributed by atoms with Crippen molar-refractivity contribution in [2.24, 2.45) is 0 Å². The number of hydrogen-bond acceptors (Lipinski definition) is 3. The van der Waals surface area contributed by atoms with Crippen molar-refractivity contribution in [2.45, 2.75) is 19.6 Å². The molecule has 0 radical (unpaired) electrons. The molecule has 3 aromatic rings. The van der Waals surface area contributed by atoms with E-state index in [2.05, 4.69) is 9.72 Å². The van der Waals surface area contributed by atoms with Crippen LogP contribution < -0.4 is 0 Å². The lowest BCUT2D eigenvalue weighted by atomic mass is 10.2. The molecule has 0 atom stereocenters. The third kappa shape index (κ3) is 5.07. The van der Waals surface area contributed by atoms with Crippen LogP contribution in [0.25, 0.3) is 11.0 Å². The smallest absolute Gasteiger partial charge is 0.433 e.